The average molecular weight is 497 g/mol. The van der Waals surface area contributed by atoms with Gasteiger partial charge in [0.2, 0.25) is 5.89 Å². The van der Waals surface area contributed by atoms with Gasteiger partial charge in [-0.2, -0.15) is 9.47 Å². The van der Waals surface area contributed by atoms with Crippen LogP contribution in [0.15, 0.2) is 64.4 Å². The number of hydrogen-bond donors (Lipinski definition) is 0. The number of hydrogen-bond acceptors (Lipinski definition) is 9. The highest BCUT2D eigenvalue weighted by Gasteiger charge is 2.17. The van der Waals surface area contributed by atoms with Crippen LogP contribution in [0.25, 0.3) is 22.8 Å². The van der Waals surface area contributed by atoms with Gasteiger partial charge in [-0.1, -0.05) is 17.7 Å². The van der Waals surface area contributed by atoms with E-state index in [0.717, 1.165) is 11.8 Å². The van der Waals surface area contributed by atoms with Gasteiger partial charge in [0.25, 0.3) is 0 Å². The molecule has 0 radical (unpaired) electrons. The van der Waals surface area contributed by atoms with Gasteiger partial charge in [-0.15, -0.1) is 0 Å². The summed E-state index contributed by atoms with van der Waals surface area (Å²) in [7, 11) is 1.75. The van der Waals surface area contributed by atoms with Crippen LogP contribution >= 0.6 is 23.1 Å². The number of nitrogens with zero attached hydrogens (tertiary/aromatic N) is 6. The van der Waals surface area contributed by atoms with E-state index in [1.54, 1.807) is 37.2 Å². The van der Waals surface area contributed by atoms with Crippen LogP contribution < -0.4 is 0 Å². The van der Waals surface area contributed by atoms with Crippen molar-refractivity contribution in [2.75, 3.05) is 7.05 Å². The van der Waals surface area contributed by atoms with E-state index >= 15 is 0 Å². The minimum absolute atomic E-state index is 0.327. The highest BCUT2D eigenvalue weighted by Crippen LogP contribution is 2.25. The molecule has 1 aromatic carbocycles. The fourth-order valence-corrected chi connectivity index (χ4v) is 3.95. The first-order valence-electron chi connectivity index (χ1n) is 10.0. The summed E-state index contributed by atoms with van der Waals surface area (Å²) in [5.74, 6) is 0.746. The molecule has 3 heterocycles. The van der Waals surface area contributed by atoms with Crippen LogP contribution in [0.4, 0.5) is 4.39 Å². The van der Waals surface area contributed by atoms with E-state index in [4.69, 9.17) is 16.0 Å². The molecule has 0 atom stereocenters. The van der Waals surface area contributed by atoms with Crippen LogP contribution in [0, 0.1) is 12.7 Å². The molecule has 8 nitrogen and oxygen atoms in total. The van der Waals surface area contributed by atoms with Crippen LogP contribution in [-0.2, 0) is 11.3 Å². The Morgan fingerprint density at radius 3 is 2.88 bits per heavy atom. The Bertz CT molecular complexity index is 1380. The predicted molar refractivity (Wildman–Crippen MR) is 128 cm³/mol. The molecule has 0 amide bonds. The maximum absolute atomic E-state index is 13.4. The molecule has 34 heavy (non-hydrogen) atoms. The van der Waals surface area contributed by atoms with Crippen molar-refractivity contribution in [1.29, 1.82) is 0 Å². The van der Waals surface area contributed by atoms with Crippen LogP contribution in [0.5, 0.6) is 0 Å². The van der Waals surface area contributed by atoms with Crippen LogP contribution in [0.1, 0.15) is 16.5 Å². The molecule has 3 aromatic heterocycles. The van der Waals surface area contributed by atoms with E-state index in [9.17, 15) is 9.18 Å². The van der Waals surface area contributed by atoms with E-state index in [1.165, 1.54) is 29.9 Å². The van der Waals surface area contributed by atoms with E-state index in [1.807, 2.05) is 12.1 Å². The Balaban J connectivity index is 1.58. The Morgan fingerprint density at radius 1 is 1.26 bits per heavy atom. The molecule has 0 spiro atoms. The first-order chi connectivity index (χ1) is 16.4. The van der Waals surface area contributed by atoms with Gasteiger partial charge < -0.3 is 4.42 Å². The summed E-state index contributed by atoms with van der Waals surface area (Å²) < 4.78 is 23.7. The maximum atomic E-state index is 13.4. The number of pyridine rings is 1. The Hall–Kier alpha value is -3.76. The molecule has 0 fully saturated rings. The van der Waals surface area contributed by atoms with Gasteiger partial charge in [-0.3, -0.25) is 14.8 Å². The zero-order valence-corrected chi connectivity index (χ0v) is 19.7. The third kappa shape index (κ3) is 5.59. The molecular formula is C23H18ClFN6O2S. The summed E-state index contributed by atoms with van der Waals surface area (Å²) in [6.45, 7) is 2.12. The fraction of sp³-hybridized carbons (Fsp3) is 0.130. The van der Waals surface area contributed by atoms with Crippen LogP contribution in [-0.4, -0.2) is 43.4 Å². The average Bonchev–Trinajstić information content (AvgIpc) is 3.43. The molecule has 0 aliphatic rings. The zero-order valence-electron chi connectivity index (χ0n) is 18.1. The molecule has 0 unspecified atom stereocenters. The Labute approximate surface area is 203 Å². The van der Waals surface area contributed by atoms with Crippen molar-refractivity contribution in [3.63, 3.8) is 0 Å². The van der Waals surface area contributed by atoms with Crippen molar-refractivity contribution in [3.05, 3.63) is 82.2 Å². The fourth-order valence-electron chi connectivity index (χ4n) is 3.05. The monoisotopic (exact) mass is 496 g/mol. The summed E-state index contributed by atoms with van der Waals surface area (Å²) in [5.41, 5.74) is 2.23. The van der Waals surface area contributed by atoms with Gasteiger partial charge in [0.05, 0.1) is 18.4 Å². The second kappa shape index (κ2) is 10.4. The van der Waals surface area contributed by atoms with Gasteiger partial charge in [0.1, 0.15) is 22.8 Å². The molecule has 0 N–H and O–H groups in total. The number of oxazole rings is 1. The third-order valence-corrected chi connectivity index (χ3v) is 5.44. The van der Waals surface area contributed by atoms with Crippen molar-refractivity contribution in [1.82, 2.24) is 24.3 Å². The molecule has 0 saturated carbocycles. The summed E-state index contributed by atoms with van der Waals surface area (Å²) in [4.78, 5) is 23.7. The molecule has 0 bridgehead atoms. The van der Waals surface area contributed by atoms with Gasteiger partial charge in [0.15, 0.2) is 11.6 Å². The number of aryl methyl sites for hydroxylation is 1. The van der Waals surface area contributed by atoms with E-state index in [2.05, 4.69) is 24.4 Å². The van der Waals surface area contributed by atoms with Crippen molar-refractivity contribution < 1.29 is 13.6 Å². The number of halogens is 2. The lowest BCUT2D eigenvalue weighted by Gasteiger charge is -2.12. The highest BCUT2D eigenvalue weighted by atomic mass is 35.5. The van der Waals surface area contributed by atoms with Crippen LogP contribution in [0.2, 0.25) is 5.02 Å². The zero-order chi connectivity index (χ0) is 24.1. The molecule has 4 rings (SSSR count). The SMILES string of the molecule is Cc1nc(-c2cccc(Cl)c2)oc1C(/C=C\C=O)=N/N(C)Cc1nc(-c2cncc(F)c2)ns1. The summed E-state index contributed by atoms with van der Waals surface area (Å²) in [6.07, 6.45) is 6.15. The standard InChI is InChI=1S/C23H18ClFN6O2S/c1-14-21(33-23(27-14)15-5-3-6-17(24)9-15)19(7-4-8-32)29-31(2)13-20-28-22(30-34-20)16-10-18(25)12-26-11-16/h3-12H,13H2,1-2H3/b7-4-,29-19+. The number of hydrazone groups is 1. The Morgan fingerprint density at radius 2 is 2.12 bits per heavy atom. The number of benzene rings is 1. The highest BCUT2D eigenvalue weighted by molar-refractivity contribution is 7.05. The number of rotatable bonds is 8. The summed E-state index contributed by atoms with van der Waals surface area (Å²) in [5, 5.41) is 7.44. The van der Waals surface area contributed by atoms with Crippen molar-refractivity contribution in [3.8, 4) is 22.8 Å². The molecule has 0 aliphatic heterocycles. The molecule has 0 aliphatic carbocycles. The molecule has 172 valence electrons. The summed E-state index contributed by atoms with van der Waals surface area (Å²) in [6, 6.07) is 8.49. The first kappa shape index (κ1) is 23.4. The quantitative estimate of drug-likeness (QED) is 0.147. The normalized spacial score (nSPS) is 11.8. The second-order valence-electron chi connectivity index (χ2n) is 7.14. The van der Waals surface area contributed by atoms with Gasteiger partial charge in [-0.05, 0) is 54.9 Å². The maximum Gasteiger partial charge on any atom is 0.227 e. The number of carbonyl (C=O) groups excluding carboxylic acids is 1. The van der Waals surface area contributed by atoms with Crippen molar-refractivity contribution >= 4 is 35.1 Å². The smallest absolute Gasteiger partial charge is 0.227 e. The third-order valence-electron chi connectivity index (χ3n) is 4.51. The van der Waals surface area contributed by atoms with Crippen molar-refractivity contribution in [2.24, 2.45) is 5.10 Å². The van der Waals surface area contributed by atoms with Gasteiger partial charge >= 0.3 is 0 Å². The molecular weight excluding hydrogens is 479 g/mol. The predicted octanol–water partition coefficient (Wildman–Crippen LogP) is 4.95. The van der Waals surface area contributed by atoms with Gasteiger partial charge in [-0.25, -0.2) is 14.4 Å². The number of allylic oxidation sites excluding steroid dienone is 2. The van der Waals surface area contributed by atoms with E-state index in [0.29, 0.717) is 57.3 Å². The first-order valence-corrected chi connectivity index (χ1v) is 11.2. The summed E-state index contributed by atoms with van der Waals surface area (Å²) >= 11 is 7.27. The lowest BCUT2D eigenvalue weighted by Crippen LogP contribution is -2.14. The largest absolute Gasteiger partial charge is 0.434 e. The van der Waals surface area contributed by atoms with Crippen molar-refractivity contribution in [2.45, 2.75) is 13.5 Å². The minimum Gasteiger partial charge on any atom is -0.434 e. The lowest BCUT2D eigenvalue weighted by atomic mass is 10.2. The van der Waals surface area contributed by atoms with Crippen LogP contribution in [0.3, 0.4) is 0 Å². The van der Waals surface area contributed by atoms with Gasteiger partial charge in [0, 0.05) is 29.4 Å². The lowest BCUT2D eigenvalue weighted by molar-refractivity contribution is -0.104. The number of aromatic nitrogens is 4. The minimum atomic E-state index is -0.457. The Kier molecular flexibility index (Phi) is 7.19. The topological polar surface area (TPSA) is 97.4 Å². The molecule has 11 heteroatoms. The second-order valence-corrected chi connectivity index (χ2v) is 8.42. The molecule has 4 aromatic rings. The molecule has 0 saturated heterocycles. The van der Waals surface area contributed by atoms with E-state index < -0.39 is 5.82 Å². The van der Waals surface area contributed by atoms with E-state index in [-0.39, 0.29) is 0 Å². The number of carbonyl (C=O) groups is 1. The number of aldehydes is 1.